The molecule has 1 aliphatic carbocycles. The number of fused-ring (bicyclic) bond motifs is 6. The van der Waals surface area contributed by atoms with Crippen LogP contribution in [0.15, 0.2) is 199 Å². The van der Waals surface area contributed by atoms with Crippen LogP contribution >= 0.6 is 0 Å². The molecule has 0 N–H and O–H groups in total. The van der Waals surface area contributed by atoms with Crippen molar-refractivity contribution in [2.45, 2.75) is 45.4 Å². The second kappa shape index (κ2) is 14.5. The van der Waals surface area contributed by atoms with E-state index in [-0.39, 0.29) is 0 Å². The van der Waals surface area contributed by atoms with Crippen LogP contribution in [0.25, 0.3) is 54.6 Å². The fourth-order valence-electron chi connectivity index (χ4n) is 10.7. The third kappa shape index (κ3) is 5.85. The third-order valence-corrected chi connectivity index (χ3v) is 13.6. The van der Waals surface area contributed by atoms with Crippen LogP contribution < -0.4 is 9.80 Å². The van der Waals surface area contributed by atoms with E-state index in [9.17, 15) is 0 Å². The topological polar surface area (TPSA) is 6.48 Å². The van der Waals surface area contributed by atoms with Gasteiger partial charge in [0.1, 0.15) is 0 Å². The molecule has 0 aromatic heterocycles. The van der Waals surface area contributed by atoms with Gasteiger partial charge in [0.2, 0.25) is 0 Å². The molecule has 0 saturated carbocycles. The van der Waals surface area contributed by atoms with E-state index in [2.05, 4.69) is 205 Å². The molecule has 292 valence electrons. The van der Waals surface area contributed by atoms with Gasteiger partial charge in [-0.2, -0.15) is 0 Å². The van der Waals surface area contributed by atoms with Crippen LogP contribution in [0.1, 0.15) is 41.5 Å². The first-order chi connectivity index (χ1) is 30.2. The lowest BCUT2D eigenvalue weighted by molar-refractivity contribution is 0.833. The van der Waals surface area contributed by atoms with Crippen molar-refractivity contribution in [3.63, 3.8) is 0 Å². The van der Waals surface area contributed by atoms with Crippen LogP contribution in [-0.4, -0.2) is 0 Å². The van der Waals surface area contributed by atoms with Gasteiger partial charge in [-0.25, -0.2) is 0 Å². The summed E-state index contributed by atoms with van der Waals surface area (Å²) in [6.07, 6.45) is 11.2. The molecular formula is C59H46N2. The summed E-state index contributed by atoms with van der Waals surface area (Å²) in [4.78, 5) is 5.08. The zero-order valence-corrected chi connectivity index (χ0v) is 34.5. The molecule has 2 heterocycles. The maximum absolute atomic E-state index is 2.56. The average Bonchev–Trinajstić information content (AvgIpc) is 3.59. The Morgan fingerprint density at radius 2 is 0.918 bits per heavy atom. The van der Waals surface area contributed by atoms with Gasteiger partial charge in [-0.15, -0.1) is 0 Å². The zero-order valence-electron chi connectivity index (χ0n) is 34.5. The smallest absolute Gasteiger partial charge is 0.0493 e. The largest absolute Gasteiger partial charge is 0.310 e. The minimum absolute atomic E-state index is 1.01. The Bertz CT molecular complexity index is 3240. The number of anilines is 5. The van der Waals surface area contributed by atoms with E-state index >= 15 is 0 Å². The summed E-state index contributed by atoms with van der Waals surface area (Å²) >= 11 is 0. The molecule has 0 saturated heterocycles. The number of hydrogen-bond donors (Lipinski definition) is 0. The molecule has 9 aromatic carbocycles. The van der Waals surface area contributed by atoms with Gasteiger partial charge in [0, 0.05) is 34.1 Å². The first kappa shape index (κ1) is 35.8. The number of aryl methyl sites for hydroxylation is 4. The van der Waals surface area contributed by atoms with E-state index in [1.807, 2.05) is 0 Å². The van der Waals surface area contributed by atoms with Gasteiger partial charge in [0.25, 0.3) is 0 Å². The van der Waals surface area contributed by atoms with Gasteiger partial charge in [-0.3, -0.25) is 0 Å². The summed E-state index contributed by atoms with van der Waals surface area (Å²) in [6, 6.07) is 66.4. The van der Waals surface area contributed by atoms with Crippen LogP contribution in [0.4, 0.5) is 28.4 Å². The Kier molecular flexibility index (Phi) is 8.52. The lowest BCUT2D eigenvalue weighted by Gasteiger charge is -2.31. The number of allylic oxidation sites excluding steroid dienone is 3. The van der Waals surface area contributed by atoms with Crippen LogP contribution in [0.3, 0.4) is 0 Å². The van der Waals surface area contributed by atoms with E-state index in [0.717, 1.165) is 38.5 Å². The molecule has 0 radical (unpaired) electrons. The van der Waals surface area contributed by atoms with Gasteiger partial charge in [0.05, 0.1) is 0 Å². The van der Waals surface area contributed by atoms with Gasteiger partial charge in [-0.1, -0.05) is 140 Å². The van der Waals surface area contributed by atoms with Gasteiger partial charge < -0.3 is 9.80 Å². The summed E-state index contributed by atoms with van der Waals surface area (Å²) in [5, 5.41) is 7.56. The lowest BCUT2D eigenvalue weighted by Crippen LogP contribution is -2.18. The van der Waals surface area contributed by atoms with Crippen molar-refractivity contribution in [3.8, 4) is 22.3 Å². The Labute approximate surface area is 358 Å². The molecule has 9 aromatic rings. The van der Waals surface area contributed by atoms with Crippen molar-refractivity contribution in [1.82, 2.24) is 0 Å². The number of benzene rings is 9. The number of rotatable bonds is 4. The van der Waals surface area contributed by atoms with Crippen molar-refractivity contribution >= 4 is 60.8 Å². The van der Waals surface area contributed by atoms with Crippen LogP contribution in [-0.2, 0) is 19.3 Å². The van der Waals surface area contributed by atoms with Gasteiger partial charge >= 0.3 is 0 Å². The van der Waals surface area contributed by atoms with Crippen molar-refractivity contribution < 1.29 is 0 Å². The fraction of sp³-hybridized carbons (Fsp3) is 0.119. The van der Waals surface area contributed by atoms with Crippen LogP contribution in [0, 0.1) is 6.92 Å². The molecule has 0 atom stereocenters. The Morgan fingerprint density at radius 3 is 1.61 bits per heavy atom. The summed E-state index contributed by atoms with van der Waals surface area (Å²) in [5.74, 6) is 0. The normalized spacial score (nSPS) is 14.7. The molecule has 0 spiro atoms. The standard InChI is InChI=1S/C59H46N2/c1-39-15-2-8-22-47(39)58-50-35-33-46(61-56-27-12-6-19-43(56)31-32-44-20-7-13-28-57(44)61)38-53(50)59(49-24-14-21-40-16-3-9-23-48(40)49)51-36-34-45(37-52(51)58)60-54-25-10-4-17-41(54)29-30-42-18-5-11-26-55(42)60/h2-4,6-17,19-28,33-38H,5,18,29-32H2,1H3. The molecule has 0 bridgehead atoms. The SMILES string of the molecule is Cc1ccccc1-c1c2cc(N3C4=C(CCC=C4)CCc4ccccc43)ccc2c(-c2cccc3ccccc23)c2cc(N3c4ccccc4CCc4ccccc43)ccc12. The van der Waals surface area contributed by atoms with Crippen LogP contribution in [0.2, 0.25) is 0 Å². The molecule has 2 nitrogen and oxygen atoms in total. The van der Waals surface area contributed by atoms with E-state index in [1.54, 1.807) is 5.57 Å². The highest BCUT2D eigenvalue weighted by molar-refractivity contribution is 6.25. The summed E-state index contributed by atoms with van der Waals surface area (Å²) in [7, 11) is 0. The molecule has 0 fully saturated rings. The highest BCUT2D eigenvalue weighted by atomic mass is 15.2. The maximum atomic E-state index is 2.56. The monoisotopic (exact) mass is 782 g/mol. The number of hydrogen-bond acceptors (Lipinski definition) is 2. The van der Waals surface area contributed by atoms with Crippen LogP contribution in [0.5, 0.6) is 0 Å². The maximum Gasteiger partial charge on any atom is 0.0493 e. The Hall–Kier alpha value is -7.16. The van der Waals surface area contributed by atoms with Gasteiger partial charge in [-0.05, 0) is 176 Å². The summed E-state index contributed by atoms with van der Waals surface area (Å²) < 4.78 is 0. The molecular weight excluding hydrogens is 737 g/mol. The second-order valence-corrected chi connectivity index (χ2v) is 17.0. The van der Waals surface area contributed by atoms with Crippen molar-refractivity contribution in [3.05, 3.63) is 222 Å². The molecule has 0 unspecified atom stereocenters. The zero-order chi connectivity index (χ0) is 40.4. The average molecular weight is 783 g/mol. The Morgan fingerprint density at radius 1 is 0.393 bits per heavy atom. The molecule has 0 amide bonds. The first-order valence-electron chi connectivity index (χ1n) is 22.0. The predicted octanol–water partition coefficient (Wildman–Crippen LogP) is 16.0. The number of nitrogens with zero attached hydrogens (tertiary/aromatic N) is 2. The molecule has 12 rings (SSSR count). The quantitative estimate of drug-likeness (QED) is 0.164. The van der Waals surface area contributed by atoms with Gasteiger partial charge in [0.15, 0.2) is 0 Å². The minimum atomic E-state index is 1.01. The Balaban J connectivity index is 1.21. The highest BCUT2D eigenvalue weighted by Crippen LogP contribution is 2.51. The van der Waals surface area contributed by atoms with E-state index < -0.39 is 0 Å². The second-order valence-electron chi connectivity index (χ2n) is 17.0. The van der Waals surface area contributed by atoms with E-state index in [4.69, 9.17) is 0 Å². The predicted molar refractivity (Wildman–Crippen MR) is 259 cm³/mol. The lowest BCUT2D eigenvalue weighted by atomic mass is 9.83. The molecule has 3 aliphatic rings. The molecule has 2 heteroatoms. The summed E-state index contributed by atoms with van der Waals surface area (Å²) in [6.45, 7) is 2.27. The number of para-hydroxylation sites is 3. The molecule has 2 aliphatic heterocycles. The van der Waals surface area contributed by atoms with Crippen molar-refractivity contribution in [2.24, 2.45) is 0 Å². The molecule has 61 heavy (non-hydrogen) atoms. The highest BCUT2D eigenvalue weighted by Gasteiger charge is 2.28. The van der Waals surface area contributed by atoms with E-state index in [1.165, 1.54) is 111 Å². The fourth-order valence-corrected chi connectivity index (χ4v) is 10.7. The van der Waals surface area contributed by atoms with Crippen molar-refractivity contribution in [2.75, 3.05) is 9.80 Å². The summed E-state index contributed by atoms with van der Waals surface area (Å²) in [5.41, 5.74) is 19.6. The minimum Gasteiger partial charge on any atom is -0.310 e. The van der Waals surface area contributed by atoms with E-state index in [0.29, 0.717) is 0 Å². The first-order valence-corrected chi connectivity index (χ1v) is 22.0. The van der Waals surface area contributed by atoms with Crippen molar-refractivity contribution in [1.29, 1.82) is 0 Å². The third-order valence-electron chi connectivity index (χ3n) is 13.6.